The van der Waals surface area contributed by atoms with Gasteiger partial charge in [0, 0.05) is 0 Å². The van der Waals surface area contributed by atoms with Gasteiger partial charge in [-0.25, -0.2) is 0 Å². The van der Waals surface area contributed by atoms with Gasteiger partial charge in [0.05, 0.1) is 16.9 Å². The number of phenols is 1. The van der Waals surface area contributed by atoms with Gasteiger partial charge >= 0.3 is 0 Å². The lowest BCUT2D eigenvalue weighted by Gasteiger charge is -2.28. The zero-order chi connectivity index (χ0) is 13.8. The molecular weight excluding hydrogens is 248 g/mol. The summed E-state index contributed by atoms with van der Waals surface area (Å²) in [5.74, 6) is -0.0225. The topological polar surface area (TPSA) is 75.3 Å². The monoisotopic (exact) mass is 266 g/mol. The van der Waals surface area contributed by atoms with Gasteiger partial charge in [-0.3, -0.25) is 4.79 Å². The minimum atomic E-state index is -0.663. The predicted molar refractivity (Wildman–Crippen MR) is 75.4 cm³/mol. The molecule has 0 radical (unpaired) electrons. The summed E-state index contributed by atoms with van der Waals surface area (Å²) >= 11 is 4.96. The van der Waals surface area contributed by atoms with Crippen LogP contribution in [0.25, 0.3) is 0 Å². The first kappa shape index (κ1) is 14.4. The lowest BCUT2D eigenvalue weighted by atomic mass is 9.98. The largest absolute Gasteiger partial charge is 0.508 e. The van der Waals surface area contributed by atoms with Crippen LogP contribution < -0.4 is 11.1 Å². The number of carbonyl (C=O) groups is 1. The molecule has 1 rings (SSSR count). The molecule has 0 saturated heterocycles. The molecule has 1 aromatic carbocycles. The molecule has 1 atom stereocenters. The number of hydrogen-bond acceptors (Lipinski definition) is 3. The van der Waals surface area contributed by atoms with Crippen molar-refractivity contribution in [3.05, 3.63) is 29.8 Å². The molecule has 18 heavy (non-hydrogen) atoms. The second-order valence-corrected chi connectivity index (χ2v) is 4.88. The molecule has 0 aromatic heterocycles. The van der Waals surface area contributed by atoms with Gasteiger partial charge in [-0.2, -0.15) is 0 Å². The maximum Gasteiger partial charge on any atom is 0.225 e. The molecule has 0 aliphatic heterocycles. The number of nitrogens with two attached hydrogens (primary N) is 1. The molecule has 1 aromatic rings. The van der Waals surface area contributed by atoms with Crippen molar-refractivity contribution in [1.82, 2.24) is 5.32 Å². The summed E-state index contributed by atoms with van der Waals surface area (Å²) in [4.78, 5) is 12.2. The first-order chi connectivity index (χ1) is 8.37. The van der Waals surface area contributed by atoms with E-state index in [0.717, 1.165) is 5.56 Å². The van der Waals surface area contributed by atoms with Crippen molar-refractivity contribution in [2.24, 2.45) is 5.73 Å². The summed E-state index contributed by atoms with van der Waals surface area (Å²) in [6.07, 6.45) is 0.820. The summed E-state index contributed by atoms with van der Waals surface area (Å²) < 4.78 is 0. The minimum Gasteiger partial charge on any atom is -0.508 e. The second-order valence-electron chi connectivity index (χ2n) is 4.44. The van der Waals surface area contributed by atoms with Gasteiger partial charge in [0.2, 0.25) is 5.91 Å². The SMILES string of the molecule is CCC(C)(NC(=O)Cc1cccc(O)c1)C(N)=S. The zero-order valence-corrected chi connectivity index (χ0v) is 11.4. The highest BCUT2D eigenvalue weighted by Gasteiger charge is 2.27. The molecular formula is C13H18N2O2S. The molecule has 0 saturated carbocycles. The number of thiocarbonyl (C=S) groups is 1. The van der Waals surface area contributed by atoms with Crippen molar-refractivity contribution in [3.8, 4) is 5.75 Å². The lowest BCUT2D eigenvalue weighted by molar-refractivity contribution is -0.121. The second kappa shape index (κ2) is 5.82. The molecule has 4 nitrogen and oxygen atoms in total. The Bertz CT molecular complexity index is 462. The van der Waals surface area contributed by atoms with Crippen LogP contribution in [-0.4, -0.2) is 21.5 Å². The fourth-order valence-corrected chi connectivity index (χ4v) is 1.72. The smallest absolute Gasteiger partial charge is 0.225 e. The number of phenolic OH excluding ortho intramolecular Hbond substituents is 1. The van der Waals surface area contributed by atoms with E-state index in [2.05, 4.69) is 5.32 Å². The van der Waals surface area contributed by atoms with Crippen LogP contribution in [0.2, 0.25) is 0 Å². The number of benzene rings is 1. The number of amides is 1. The Kier molecular flexibility index (Phi) is 4.67. The van der Waals surface area contributed by atoms with E-state index in [1.807, 2.05) is 6.92 Å². The van der Waals surface area contributed by atoms with Crippen molar-refractivity contribution >= 4 is 23.1 Å². The fraction of sp³-hybridized carbons (Fsp3) is 0.385. The fourth-order valence-electron chi connectivity index (χ4n) is 1.53. The van der Waals surface area contributed by atoms with E-state index >= 15 is 0 Å². The molecule has 0 spiro atoms. The number of aromatic hydroxyl groups is 1. The lowest BCUT2D eigenvalue weighted by Crippen LogP contribution is -2.54. The Balaban J connectivity index is 2.70. The quantitative estimate of drug-likeness (QED) is 0.706. The summed E-state index contributed by atoms with van der Waals surface area (Å²) in [7, 11) is 0. The highest BCUT2D eigenvalue weighted by molar-refractivity contribution is 7.80. The maximum atomic E-state index is 11.9. The van der Waals surface area contributed by atoms with Gasteiger partial charge in [-0.1, -0.05) is 31.3 Å². The standard InChI is InChI=1S/C13H18N2O2S/c1-3-13(2,12(14)18)15-11(17)8-9-5-4-6-10(16)7-9/h4-7,16H,3,8H2,1-2H3,(H2,14,18)(H,15,17). The summed E-state index contributed by atoms with van der Waals surface area (Å²) in [5.41, 5.74) is 5.70. The molecule has 0 heterocycles. The Morgan fingerprint density at radius 2 is 2.22 bits per heavy atom. The van der Waals surface area contributed by atoms with E-state index in [0.29, 0.717) is 6.42 Å². The zero-order valence-electron chi connectivity index (χ0n) is 10.6. The van der Waals surface area contributed by atoms with Crippen LogP contribution in [0, 0.1) is 0 Å². The van der Waals surface area contributed by atoms with Crippen LogP contribution in [0.1, 0.15) is 25.8 Å². The number of carbonyl (C=O) groups excluding carboxylic acids is 1. The molecule has 0 aliphatic rings. The van der Waals surface area contributed by atoms with E-state index in [1.165, 1.54) is 0 Å². The number of hydrogen-bond donors (Lipinski definition) is 3. The van der Waals surface area contributed by atoms with E-state index in [4.69, 9.17) is 18.0 Å². The van der Waals surface area contributed by atoms with Crippen LogP contribution in [0.4, 0.5) is 0 Å². The van der Waals surface area contributed by atoms with E-state index in [1.54, 1.807) is 31.2 Å². The van der Waals surface area contributed by atoms with Crippen LogP contribution in [0.5, 0.6) is 5.75 Å². The number of rotatable bonds is 5. The van der Waals surface area contributed by atoms with Crippen LogP contribution >= 0.6 is 12.2 Å². The molecule has 4 N–H and O–H groups in total. The normalized spacial score (nSPS) is 13.7. The third kappa shape index (κ3) is 3.70. The van der Waals surface area contributed by atoms with Crippen LogP contribution in [0.3, 0.4) is 0 Å². The van der Waals surface area contributed by atoms with Gasteiger partial charge < -0.3 is 16.2 Å². The molecule has 0 fully saturated rings. The Hall–Kier alpha value is -1.62. The molecule has 5 heteroatoms. The minimum absolute atomic E-state index is 0.146. The Morgan fingerprint density at radius 3 is 2.72 bits per heavy atom. The molecule has 1 unspecified atom stereocenters. The predicted octanol–water partition coefficient (Wildman–Crippen LogP) is 1.51. The third-order valence-corrected chi connectivity index (χ3v) is 3.39. The summed E-state index contributed by atoms with van der Waals surface area (Å²) in [6, 6.07) is 6.60. The van der Waals surface area contributed by atoms with Crippen molar-refractivity contribution < 1.29 is 9.90 Å². The summed E-state index contributed by atoms with van der Waals surface area (Å²) in [6.45, 7) is 3.71. The highest BCUT2D eigenvalue weighted by Crippen LogP contribution is 2.13. The molecule has 1 amide bonds. The van der Waals surface area contributed by atoms with Gasteiger partial charge in [-0.05, 0) is 31.0 Å². The summed E-state index contributed by atoms with van der Waals surface area (Å²) in [5, 5.41) is 12.1. The van der Waals surface area contributed by atoms with Crippen LogP contribution in [-0.2, 0) is 11.2 Å². The first-order valence-electron chi connectivity index (χ1n) is 5.76. The van der Waals surface area contributed by atoms with Gasteiger partial charge in [0.25, 0.3) is 0 Å². The highest BCUT2D eigenvalue weighted by atomic mass is 32.1. The van der Waals surface area contributed by atoms with Crippen LogP contribution in [0.15, 0.2) is 24.3 Å². The molecule has 0 bridgehead atoms. The Labute approximate surface area is 112 Å². The van der Waals surface area contributed by atoms with Crippen molar-refractivity contribution in [3.63, 3.8) is 0 Å². The van der Waals surface area contributed by atoms with Crippen molar-refractivity contribution in [2.75, 3.05) is 0 Å². The third-order valence-electron chi connectivity index (χ3n) is 2.94. The van der Waals surface area contributed by atoms with E-state index in [-0.39, 0.29) is 23.1 Å². The first-order valence-corrected chi connectivity index (χ1v) is 6.17. The van der Waals surface area contributed by atoms with E-state index in [9.17, 15) is 9.90 Å². The average Bonchev–Trinajstić information content (AvgIpc) is 2.28. The molecule has 98 valence electrons. The Morgan fingerprint density at radius 1 is 1.56 bits per heavy atom. The number of nitrogens with one attached hydrogen (secondary N) is 1. The van der Waals surface area contributed by atoms with Gasteiger partial charge in [0.1, 0.15) is 5.75 Å². The molecule has 0 aliphatic carbocycles. The van der Waals surface area contributed by atoms with E-state index < -0.39 is 5.54 Å². The average molecular weight is 266 g/mol. The maximum absolute atomic E-state index is 11.9. The van der Waals surface area contributed by atoms with Gasteiger partial charge in [-0.15, -0.1) is 0 Å². The van der Waals surface area contributed by atoms with Crippen molar-refractivity contribution in [1.29, 1.82) is 0 Å². The van der Waals surface area contributed by atoms with Crippen molar-refractivity contribution in [2.45, 2.75) is 32.2 Å². The van der Waals surface area contributed by atoms with Gasteiger partial charge in [0.15, 0.2) is 0 Å².